The molecule has 0 atom stereocenters. The van der Waals surface area contributed by atoms with Crippen LogP contribution in [0.15, 0.2) is 54.7 Å². The fourth-order valence-electron chi connectivity index (χ4n) is 3.12. The smallest absolute Gasteiger partial charge is 0.128 e. The fourth-order valence-corrected chi connectivity index (χ4v) is 3.12. The zero-order chi connectivity index (χ0) is 18.3. The second kappa shape index (κ2) is 6.33. The third-order valence-corrected chi connectivity index (χ3v) is 4.45. The third kappa shape index (κ3) is 3.08. The summed E-state index contributed by atoms with van der Waals surface area (Å²) in [4.78, 5) is 6.40. The predicted molar refractivity (Wildman–Crippen MR) is 95.9 cm³/mol. The van der Waals surface area contributed by atoms with Crippen LogP contribution in [0, 0.1) is 24.4 Å². The maximum absolute atomic E-state index is 13.5. The second-order valence-electron chi connectivity index (χ2n) is 6.24. The molecule has 26 heavy (non-hydrogen) atoms. The molecule has 2 aromatic carbocycles. The lowest BCUT2D eigenvalue weighted by Gasteiger charge is -2.27. The van der Waals surface area contributed by atoms with Crippen molar-refractivity contribution in [3.05, 3.63) is 89.0 Å². The zero-order valence-electron chi connectivity index (χ0n) is 14.0. The average molecular weight is 352 g/mol. The average Bonchev–Trinajstić information content (AvgIpc) is 2.61. The lowest BCUT2D eigenvalue weighted by atomic mass is 9.99. The molecule has 2 heterocycles. The molecule has 3 aromatic rings. The van der Waals surface area contributed by atoms with Gasteiger partial charge in [0.1, 0.15) is 17.5 Å². The molecule has 0 spiro atoms. The SMILES string of the molecule is Cc1nc(-c2ccc(F)cc2)cc2c1CN(c1cc(F)cc(F)c1)C=C2. The van der Waals surface area contributed by atoms with Gasteiger partial charge in [-0.1, -0.05) is 0 Å². The first-order chi connectivity index (χ1) is 12.5. The van der Waals surface area contributed by atoms with Gasteiger partial charge in [-0.25, -0.2) is 13.2 Å². The first kappa shape index (κ1) is 16.4. The summed E-state index contributed by atoms with van der Waals surface area (Å²) in [5, 5.41) is 0. The molecule has 0 aliphatic carbocycles. The maximum atomic E-state index is 13.5. The molecule has 0 amide bonds. The van der Waals surface area contributed by atoms with Crippen molar-refractivity contribution in [3.63, 3.8) is 0 Å². The van der Waals surface area contributed by atoms with Gasteiger partial charge in [0.2, 0.25) is 0 Å². The van der Waals surface area contributed by atoms with Crippen LogP contribution in [0.4, 0.5) is 18.9 Å². The summed E-state index contributed by atoms with van der Waals surface area (Å²) in [6.07, 6.45) is 3.69. The van der Waals surface area contributed by atoms with Gasteiger partial charge < -0.3 is 4.90 Å². The van der Waals surface area contributed by atoms with Crippen LogP contribution in [-0.4, -0.2) is 4.98 Å². The highest BCUT2D eigenvalue weighted by atomic mass is 19.1. The number of pyridine rings is 1. The van der Waals surface area contributed by atoms with Crippen molar-refractivity contribution in [3.8, 4) is 11.3 Å². The van der Waals surface area contributed by atoms with Crippen molar-refractivity contribution < 1.29 is 13.2 Å². The first-order valence-electron chi connectivity index (χ1n) is 8.17. The van der Waals surface area contributed by atoms with Crippen LogP contribution in [0.3, 0.4) is 0 Å². The van der Waals surface area contributed by atoms with Crippen LogP contribution < -0.4 is 4.90 Å². The summed E-state index contributed by atoms with van der Waals surface area (Å²) in [5.74, 6) is -1.51. The van der Waals surface area contributed by atoms with E-state index in [1.54, 1.807) is 23.2 Å². The standard InChI is InChI=1S/C21H15F3N2/c1-13-20-12-26(19-10-17(23)9-18(24)11-19)7-6-15(20)8-21(25-13)14-2-4-16(22)5-3-14/h2-11H,12H2,1H3. The van der Waals surface area contributed by atoms with Crippen molar-refractivity contribution in [1.82, 2.24) is 4.98 Å². The molecule has 1 aliphatic rings. The van der Waals surface area contributed by atoms with Crippen molar-refractivity contribution >= 4 is 11.8 Å². The Labute approximate surface area is 149 Å². The van der Waals surface area contributed by atoms with Gasteiger partial charge in [-0.15, -0.1) is 0 Å². The van der Waals surface area contributed by atoms with Crippen LogP contribution in [0.2, 0.25) is 0 Å². The Morgan fingerprint density at radius 3 is 2.27 bits per heavy atom. The third-order valence-electron chi connectivity index (χ3n) is 4.45. The summed E-state index contributed by atoms with van der Waals surface area (Å²) in [5.41, 5.74) is 4.85. The predicted octanol–water partition coefficient (Wildman–Crippen LogP) is 5.47. The summed E-state index contributed by atoms with van der Waals surface area (Å²) < 4.78 is 40.1. The Hall–Kier alpha value is -3.08. The molecule has 1 aliphatic heterocycles. The lowest BCUT2D eigenvalue weighted by Crippen LogP contribution is -2.20. The van der Waals surface area contributed by atoms with E-state index in [9.17, 15) is 13.2 Å². The number of halogens is 3. The van der Waals surface area contributed by atoms with E-state index in [0.29, 0.717) is 12.2 Å². The highest BCUT2D eigenvalue weighted by molar-refractivity contribution is 5.70. The normalized spacial score (nSPS) is 13.0. The number of aryl methyl sites for hydroxylation is 1. The number of anilines is 1. The Bertz CT molecular complexity index is 990. The molecule has 0 radical (unpaired) electrons. The van der Waals surface area contributed by atoms with Crippen molar-refractivity contribution in [1.29, 1.82) is 0 Å². The van der Waals surface area contributed by atoms with Crippen molar-refractivity contribution in [2.24, 2.45) is 0 Å². The summed E-state index contributed by atoms with van der Waals surface area (Å²) in [7, 11) is 0. The van der Waals surface area contributed by atoms with E-state index in [4.69, 9.17) is 0 Å². The fraction of sp³-hybridized carbons (Fsp3) is 0.0952. The first-order valence-corrected chi connectivity index (χ1v) is 8.17. The molecule has 0 N–H and O–H groups in total. The maximum Gasteiger partial charge on any atom is 0.128 e. The topological polar surface area (TPSA) is 16.1 Å². The number of aromatic nitrogens is 1. The Morgan fingerprint density at radius 2 is 1.58 bits per heavy atom. The van der Waals surface area contributed by atoms with Crippen molar-refractivity contribution in [2.45, 2.75) is 13.5 Å². The lowest BCUT2D eigenvalue weighted by molar-refractivity contribution is 0.583. The van der Waals surface area contributed by atoms with Crippen LogP contribution in [0.1, 0.15) is 16.8 Å². The zero-order valence-corrected chi connectivity index (χ0v) is 14.0. The van der Waals surface area contributed by atoms with Gasteiger partial charge >= 0.3 is 0 Å². The number of nitrogens with zero attached hydrogens (tertiary/aromatic N) is 2. The number of hydrogen-bond acceptors (Lipinski definition) is 2. The molecule has 0 bridgehead atoms. The Kier molecular flexibility index (Phi) is 3.99. The monoisotopic (exact) mass is 352 g/mol. The number of benzene rings is 2. The minimum absolute atomic E-state index is 0.290. The number of fused-ring (bicyclic) bond motifs is 1. The quantitative estimate of drug-likeness (QED) is 0.608. The molecule has 0 fully saturated rings. The number of hydrogen-bond donors (Lipinski definition) is 0. The second-order valence-corrected chi connectivity index (χ2v) is 6.24. The van der Waals surface area contributed by atoms with E-state index in [0.717, 1.165) is 34.1 Å². The van der Waals surface area contributed by atoms with E-state index >= 15 is 0 Å². The summed E-state index contributed by atoms with van der Waals surface area (Å²) in [6.45, 7) is 2.37. The van der Waals surface area contributed by atoms with Gasteiger partial charge in [-0.3, -0.25) is 4.98 Å². The van der Waals surface area contributed by atoms with Gasteiger partial charge in [0, 0.05) is 41.3 Å². The molecule has 0 unspecified atom stereocenters. The molecule has 0 saturated carbocycles. The highest BCUT2D eigenvalue weighted by Crippen LogP contribution is 2.30. The summed E-state index contributed by atoms with van der Waals surface area (Å²) in [6, 6.07) is 11.6. The Morgan fingerprint density at radius 1 is 0.885 bits per heavy atom. The van der Waals surface area contributed by atoms with Gasteiger partial charge in [0.25, 0.3) is 0 Å². The van der Waals surface area contributed by atoms with Gasteiger partial charge in [-0.2, -0.15) is 0 Å². The number of rotatable bonds is 2. The van der Waals surface area contributed by atoms with Crippen LogP contribution in [0.5, 0.6) is 0 Å². The van der Waals surface area contributed by atoms with Gasteiger partial charge in [-0.05, 0) is 61.0 Å². The van der Waals surface area contributed by atoms with Crippen LogP contribution in [-0.2, 0) is 6.54 Å². The molecule has 1 aromatic heterocycles. The minimum atomic E-state index is -0.610. The van der Waals surface area contributed by atoms with E-state index in [1.807, 2.05) is 19.1 Å². The minimum Gasteiger partial charge on any atom is -0.343 e. The molecular weight excluding hydrogens is 337 g/mol. The largest absolute Gasteiger partial charge is 0.343 e. The van der Waals surface area contributed by atoms with E-state index < -0.39 is 11.6 Å². The Balaban J connectivity index is 1.70. The molecular formula is C21H15F3N2. The van der Waals surface area contributed by atoms with E-state index in [2.05, 4.69) is 4.98 Å². The van der Waals surface area contributed by atoms with Crippen LogP contribution in [0.25, 0.3) is 17.3 Å². The molecule has 2 nitrogen and oxygen atoms in total. The molecule has 4 rings (SSSR count). The van der Waals surface area contributed by atoms with Crippen molar-refractivity contribution in [2.75, 3.05) is 4.90 Å². The molecule has 5 heteroatoms. The van der Waals surface area contributed by atoms with Crippen LogP contribution >= 0.6 is 0 Å². The van der Waals surface area contributed by atoms with E-state index in [-0.39, 0.29) is 5.82 Å². The summed E-state index contributed by atoms with van der Waals surface area (Å²) >= 11 is 0. The van der Waals surface area contributed by atoms with Gasteiger partial charge in [0.15, 0.2) is 0 Å². The molecule has 0 saturated heterocycles. The molecule has 130 valence electrons. The van der Waals surface area contributed by atoms with Gasteiger partial charge in [0.05, 0.1) is 5.69 Å². The van der Waals surface area contributed by atoms with E-state index in [1.165, 1.54) is 24.3 Å². The highest BCUT2D eigenvalue weighted by Gasteiger charge is 2.17.